The van der Waals surface area contributed by atoms with Gasteiger partial charge >= 0.3 is 0 Å². The largest absolute Gasteiger partial charge is 0.465 e. The van der Waals surface area contributed by atoms with E-state index in [1.165, 1.54) is 7.11 Å². The van der Waals surface area contributed by atoms with Gasteiger partial charge in [-0.1, -0.05) is 0 Å². The van der Waals surface area contributed by atoms with Gasteiger partial charge in [-0.05, 0) is 18.2 Å². The van der Waals surface area contributed by atoms with Gasteiger partial charge in [0.25, 0.3) is 0 Å². The Bertz CT molecular complexity index is 331. The standard InChI is InChI=1S/C9H10N2O2/c1-12-6-13-9-3-2-7(5-10)4-8(9)11/h2-4H,6,11H2,1H3. The first-order chi connectivity index (χ1) is 6.27. The third-order valence-electron chi connectivity index (χ3n) is 1.47. The van der Waals surface area contributed by atoms with Crippen molar-refractivity contribution in [1.29, 1.82) is 5.26 Å². The van der Waals surface area contributed by atoms with E-state index in [2.05, 4.69) is 0 Å². The first-order valence-corrected chi connectivity index (χ1v) is 3.69. The summed E-state index contributed by atoms with van der Waals surface area (Å²) in [5.74, 6) is 0.529. The summed E-state index contributed by atoms with van der Waals surface area (Å²) < 4.78 is 9.84. The van der Waals surface area contributed by atoms with E-state index in [1.54, 1.807) is 18.2 Å². The molecule has 0 radical (unpaired) electrons. The second kappa shape index (κ2) is 4.33. The molecule has 0 amide bonds. The molecule has 0 aliphatic heterocycles. The molecule has 0 unspecified atom stereocenters. The third-order valence-corrected chi connectivity index (χ3v) is 1.47. The molecule has 1 aromatic rings. The number of anilines is 1. The fraction of sp³-hybridized carbons (Fsp3) is 0.222. The number of nitrogens with two attached hydrogens (primary N) is 1. The maximum absolute atomic E-state index is 8.56. The maximum Gasteiger partial charge on any atom is 0.188 e. The van der Waals surface area contributed by atoms with Crippen molar-refractivity contribution in [2.45, 2.75) is 0 Å². The van der Waals surface area contributed by atoms with Crippen molar-refractivity contribution < 1.29 is 9.47 Å². The number of hydrogen-bond donors (Lipinski definition) is 1. The van der Waals surface area contributed by atoms with Crippen molar-refractivity contribution in [1.82, 2.24) is 0 Å². The minimum absolute atomic E-state index is 0.149. The Morgan fingerprint density at radius 3 is 2.85 bits per heavy atom. The van der Waals surface area contributed by atoms with Crippen molar-refractivity contribution in [3.63, 3.8) is 0 Å². The summed E-state index contributed by atoms with van der Waals surface area (Å²) in [6.45, 7) is 0.149. The van der Waals surface area contributed by atoms with Crippen LogP contribution in [0.15, 0.2) is 18.2 Å². The topological polar surface area (TPSA) is 68.3 Å². The summed E-state index contributed by atoms with van der Waals surface area (Å²) in [5.41, 5.74) is 6.56. The lowest BCUT2D eigenvalue weighted by molar-refractivity contribution is 0.0516. The van der Waals surface area contributed by atoms with E-state index in [1.807, 2.05) is 6.07 Å². The summed E-state index contributed by atoms with van der Waals surface area (Å²) >= 11 is 0. The lowest BCUT2D eigenvalue weighted by Gasteiger charge is -2.06. The lowest BCUT2D eigenvalue weighted by Crippen LogP contribution is -2.01. The van der Waals surface area contributed by atoms with E-state index < -0.39 is 0 Å². The molecule has 0 saturated heterocycles. The fourth-order valence-electron chi connectivity index (χ4n) is 0.872. The quantitative estimate of drug-likeness (QED) is 0.556. The fourth-order valence-corrected chi connectivity index (χ4v) is 0.872. The first kappa shape index (κ1) is 9.36. The number of nitriles is 1. The van der Waals surface area contributed by atoms with Crippen LogP contribution in [0.1, 0.15) is 5.56 Å². The van der Waals surface area contributed by atoms with Crippen LogP contribution in [0.3, 0.4) is 0 Å². The van der Waals surface area contributed by atoms with Crippen LogP contribution in [-0.2, 0) is 4.74 Å². The third kappa shape index (κ3) is 2.36. The number of nitrogen functional groups attached to an aromatic ring is 1. The second-order valence-corrected chi connectivity index (χ2v) is 2.42. The molecule has 1 aromatic carbocycles. The highest BCUT2D eigenvalue weighted by Gasteiger charge is 2.00. The van der Waals surface area contributed by atoms with E-state index in [4.69, 9.17) is 20.5 Å². The Morgan fingerprint density at radius 1 is 1.54 bits per heavy atom. The molecule has 1 rings (SSSR count). The molecule has 0 fully saturated rings. The normalized spacial score (nSPS) is 9.23. The van der Waals surface area contributed by atoms with E-state index in [0.717, 1.165) is 0 Å². The van der Waals surface area contributed by atoms with E-state index in [-0.39, 0.29) is 6.79 Å². The molecule has 4 heteroatoms. The number of benzene rings is 1. The second-order valence-electron chi connectivity index (χ2n) is 2.42. The van der Waals surface area contributed by atoms with Gasteiger partial charge in [0.05, 0.1) is 17.3 Å². The van der Waals surface area contributed by atoms with E-state index in [9.17, 15) is 0 Å². The molecule has 68 valence electrons. The highest BCUT2D eigenvalue weighted by molar-refractivity contribution is 5.56. The number of rotatable bonds is 3. The Hall–Kier alpha value is -1.73. The molecule has 0 spiro atoms. The number of methoxy groups -OCH3 is 1. The summed E-state index contributed by atoms with van der Waals surface area (Å²) in [7, 11) is 1.53. The zero-order chi connectivity index (χ0) is 9.68. The molecule has 4 nitrogen and oxygen atoms in total. The number of ether oxygens (including phenoxy) is 2. The van der Waals surface area contributed by atoms with E-state index in [0.29, 0.717) is 17.0 Å². The minimum atomic E-state index is 0.149. The average molecular weight is 178 g/mol. The van der Waals surface area contributed by atoms with Gasteiger partial charge in [0, 0.05) is 7.11 Å². The van der Waals surface area contributed by atoms with Gasteiger partial charge in [-0.15, -0.1) is 0 Å². The zero-order valence-electron chi connectivity index (χ0n) is 7.28. The molecule has 2 N–H and O–H groups in total. The summed E-state index contributed by atoms with van der Waals surface area (Å²) in [6.07, 6.45) is 0. The summed E-state index contributed by atoms with van der Waals surface area (Å²) in [5, 5.41) is 8.56. The van der Waals surface area contributed by atoms with E-state index >= 15 is 0 Å². The van der Waals surface area contributed by atoms with Crippen LogP contribution in [0.25, 0.3) is 0 Å². The van der Waals surface area contributed by atoms with Crippen LogP contribution in [0.5, 0.6) is 5.75 Å². The number of nitrogens with zero attached hydrogens (tertiary/aromatic N) is 1. The van der Waals surface area contributed by atoms with Crippen molar-refractivity contribution in [3.05, 3.63) is 23.8 Å². The lowest BCUT2D eigenvalue weighted by atomic mass is 10.2. The molecule has 0 aliphatic carbocycles. The Kier molecular flexibility index (Phi) is 3.12. The van der Waals surface area contributed by atoms with Gasteiger partial charge < -0.3 is 15.2 Å². The Labute approximate surface area is 76.5 Å². The Balaban J connectivity index is 2.81. The maximum atomic E-state index is 8.56. The number of hydrogen-bond acceptors (Lipinski definition) is 4. The molecule has 0 saturated carbocycles. The molecule has 13 heavy (non-hydrogen) atoms. The molecule has 0 heterocycles. The van der Waals surface area contributed by atoms with Crippen LogP contribution in [0, 0.1) is 11.3 Å². The van der Waals surface area contributed by atoms with Gasteiger partial charge in [-0.2, -0.15) is 5.26 Å². The predicted molar refractivity (Wildman–Crippen MR) is 48.1 cm³/mol. The monoisotopic (exact) mass is 178 g/mol. The summed E-state index contributed by atoms with van der Waals surface area (Å²) in [4.78, 5) is 0. The van der Waals surface area contributed by atoms with Gasteiger partial charge in [0.1, 0.15) is 5.75 Å². The molecule has 0 bridgehead atoms. The Morgan fingerprint density at radius 2 is 2.31 bits per heavy atom. The smallest absolute Gasteiger partial charge is 0.188 e. The SMILES string of the molecule is COCOc1ccc(C#N)cc1N. The molecular formula is C9H10N2O2. The van der Waals surface area contributed by atoms with Crippen LogP contribution < -0.4 is 10.5 Å². The highest BCUT2D eigenvalue weighted by Crippen LogP contribution is 2.21. The minimum Gasteiger partial charge on any atom is -0.465 e. The van der Waals surface area contributed by atoms with Crippen molar-refractivity contribution in [2.24, 2.45) is 0 Å². The van der Waals surface area contributed by atoms with Crippen LogP contribution in [-0.4, -0.2) is 13.9 Å². The zero-order valence-corrected chi connectivity index (χ0v) is 7.28. The molecule has 0 atom stereocenters. The van der Waals surface area contributed by atoms with Crippen molar-refractivity contribution >= 4 is 5.69 Å². The van der Waals surface area contributed by atoms with Crippen LogP contribution in [0.2, 0.25) is 0 Å². The molecule has 0 aromatic heterocycles. The summed E-state index contributed by atoms with van der Waals surface area (Å²) in [6, 6.07) is 6.83. The van der Waals surface area contributed by atoms with Gasteiger partial charge in [-0.25, -0.2) is 0 Å². The van der Waals surface area contributed by atoms with Crippen LogP contribution >= 0.6 is 0 Å². The van der Waals surface area contributed by atoms with Gasteiger partial charge in [-0.3, -0.25) is 0 Å². The first-order valence-electron chi connectivity index (χ1n) is 3.69. The van der Waals surface area contributed by atoms with Crippen molar-refractivity contribution in [3.8, 4) is 11.8 Å². The molecular weight excluding hydrogens is 168 g/mol. The van der Waals surface area contributed by atoms with Gasteiger partial charge in [0.2, 0.25) is 0 Å². The predicted octanol–water partition coefficient (Wildman–Crippen LogP) is 1.12. The van der Waals surface area contributed by atoms with Crippen LogP contribution in [0.4, 0.5) is 5.69 Å². The average Bonchev–Trinajstić information content (AvgIpc) is 2.16. The van der Waals surface area contributed by atoms with Crippen molar-refractivity contribution in [2.75, 3.05) is 19.6 Å². The highest BCUT2D eigenvalue weighted by atomic mass is 16.7. The van der Waals surface area contributed by atoms with Gasteiger partial charge in [0.15, 0.2) is 6.79 Å². The molecule has 0 aliphatic rings.